The summed E-state index contributed by atoms with van der Waals surface area (Å²) in [6, 6.07) is 5.04. The fourth-order valence-electron chi connectivity index (χ4n) is 3.17. The van der Waals surface area contributed by atoms with Gasteiger partial charge in [-0.3, -0.25) is 4.99 Å². The highest BCUT2D eigenvalue weighted by molar-refractivity contribution is 5.85. The molecule has 2 rings (SSSR count). The summed E-state index contributed by atoms with van der Waals surface area (Å²) in [5.41, 5.74) is 3.91. The van der Waals surface area contributed by atoms with E-state index in [0.29, 0.717) is 6.04 Å². The second kappa shape index (κ2) is 7.30. The molecular weight excluding hydrogens is 270 g/mol. The molecule has 0 atom stereocenters. The molecule has 0 bridgehead atoms. The maximum atomic E-state index is 5.68. The smallest absolute Gasteiger partial charge is 0.130 e. The van der Waals surface area contributed by atoms with Crippen LogP contribution in [0.3, 0.4) is 0 Å². The zero-order valence-corrected chi connectivity index (χ0v) is 14.9. The molecule has 0 amide bonds. The van der Waals surface area contributed by atoms with Crippen LogP contribution in [0.25, 0.3) is 0 Å². The summed E-state index contributed by atoms with van der Waals surface area (Å²) >= 11 is 0. The maximum absolute atomic E-state index is 5.68. The number of methoxy groups -OCH3 is 1. The van der Waals surface area contributed by atoms with Crippen molar-refractivity contribution in [1.29, 1.82) is 0 Å². The van der Waals surface area contributed by atoms with E-state index >= 15 is 0 Å². The Balaban J connectivity index is 2.36. The van der Waals surface area contributed by atoms with E-state index in [0.717, 1.165) is 17.7 Å². The Hall–Kier alpha value is -1.31. The van der Waals surface area contributed by atoms with Gasteiger partial charge in [0.05, 0.1) is 7.11 Å². The molecule has 0 saturated heterocycles. The van der Waals surface area contributed by atoms with Crippen molar-refractivity contribution in [3.05, 3.63) is 28.8 Å². The van der Waals surface area contributed by atoms with Crippen molar-refractivity contribution < 1.29 is 4.74 Å². The van der Waals surface area contributed by atoms with Crippen molar-refractivity contribution in [2.45, 2.75) is 77.7 Å². The summed E-state index contributed by atoms with van der Waals surface area (Å²) in [6.45, 7) is 8.97. The third-order valence-corrected chi connectivity index (χ3v) is 4.64. The Morgan fingerprint density at radius 3 is 2.41 bits per heavy atom. The fraction of sp³-hybridized carbons (Fsp3) is 0.650. The number of ether oxygens (including phenoxy) is 1. The van der Waals surface area contributed by atoms with Crippen molar-refractivity contribution >= 4 is 6.21 Å². The normalized spacial score (nSPS) is 17.1. The molecule has 1 aliphatic carbocycles. The Morgan fingerprint density at radius 1 is 1.18 bits per heavy atom. The van der Waals surface area contributed by atoms with Gasteiger partial charge in [-0.25, -0.2) is 0 Å². The van der Waals surface area contributed by atoms with E-state index in [-0.39, 0.29) is 5.41 Å². The van der Waals surface area contributed by atoms with E-state index in [1.807, 2.05) is 0 Å². The van der Waals surface area contributed by atoms with Crippen molar-refractivity contribution in [1.82, 2.24) is 0 Å². The van der Waals surface area contributed by atoms with E-state index < -0.39 is 0 Å². The van der Waals surface area contributed by atoms with E-state index in [9.17, 15) is 0 Å². The molecule has 0 aliphatic heterocycles. The van der Waals surface area contributed by atoms with E-state index in [1.54, 1.807) is 7.11 Å². The summed E-state index contributed by atoms with van der Waals surface area (Å²) in [7, 11) is 1.77. The summed E-state index contributed by atoms with van der Waals surface area (Å²) in [6.07, 6.45) is 9.52. The molecule has 1 saturated carbocycles. The van der Waals surface area contributed by atoms with Crippen LogP contribution in [0, 0.1) is 0 Å². The lowest BCUT2D eigenvalue weighted by molar-refractivity contribution is 0.408. The highest BCUT2D eigenvalue weighted by Gasteiger charge is 2.18. The van der Waals surface area contributed by atoms with Crippen molar-refractivity contribution in [2.24, 2.45) is 4.99 Å². The Bertz CT molecular complexity index is 519. The van der Waals surface area contributed by atoms with Gasteiger partial charge in [0.15, 0.2) is 0 Å². The number of rotatable bonds is 4. The number of hydrogen-bond acceptors (Lipinski definition) is 2. The van der Waals surface area contributed by atoms with Crippen LogP contribution in [0.15, 0.2) is 17.1 Å². The van der Waals surface area contributed by atoms with Crippen LogP contribution < -0.4 is 4.74 Å². The first-order valence-electron chi connectivity index (χ1n) is 8.70. The van der Waals surface area contributed by atoms with E-state index in [1.165, 1.54) is 43.2 Å². The summed E-state index contributed by atoms with van der Waals surface area (Å²) in [5, 5.41) is 0. The average molecular weight is 301 g/mol. The molecule has 2 heteroatoms. The monoisotopic (exact) mass is 301 g/mol. The highest BCUT2D eigenvalue weighted by atomic mass is 16.5. The zero-order chi connectivity index (χ0) is 16.2. The minimum absolute atomic E-state index is 0.142. The second-order valence-corrected chi connectivity index (χ2v) is 7.43. The molecule has 0 aromatic heterocycles. The molecule has 0 radical (unpaired) electrons. The minimum atomic E-state index is 0.142. The van der Waals surface area contributed by atoms with Gasteiger partial charge < -0.3 is 4.74 Å². The predicted octanol–water partition coefficient (Wildman–Crippen LogP) is 5.31. The number of hydrogen-bond donors (Lipinski definition) is 0. The van der Waals surface area contributed by atoms with E-state index in [2.05, 4.69) is 46.0 Å². The minimum Gasteiger partial charge on any atom is -0.496 e. The number of nitrogens with zero attached hydrogens (tertiary/aromatic N) is 1. The molecule has 122 valence electrons. The first kappa shape index (κ1) is 17.1. The van der Waals surface area contributed by atoms with Gasteiger partial charge in [-0.1, -0.05) is 53.0 Å². The van der Waals surface area contributed by atoms with Gasteiger partial charge >= 0.3 is 0 Å². The summed E-state index contributed by atoms with van der Waals surface area (Å²) in [5.74, 6) is 0.995. The lowest BCUT2D eigenvalue weighted by atomic mass is 9.84. The number of aliphatic imine (C=N–C) groups is 1. The third-order valence-electron chi connectivity index (χ3n) is 4.64. The van der Waals surface area contributed by atoms with Crippen LogP contribution >= 0.6 is 0 Å². The molecule has 0 unspecified atom stereocenters. The summed E-state index contributed by atoms with van der Waals surface area (Å²) in [4.78, 5) is 4.86. The molecule has 1 aliphatic rings. The Morgan fingerprint density at radius 2 is 1.86 bits per heavy atom. The Labute approximate surface area is 136 Å². The highest BCUT2D eigenvalue weighted by Crippen LogP contribution is 2.31. The van der Waals surface area contributed by atoms with Gasteiger partial charge in [0.1, 0.15) is 5.75 Å². The van der Waals surface area contributed by atoms with Crippen LogP contribution in [0.1, 0.15) is 76.5 Å². The molecule has 22 heavy (non-hydrogen) atoms. The Kier molecular flexibility index (Phi) is 5.66. The van der Waals surface area contributed by atoms with E-state index in [4.69, 9.17) is 9.73 Å². The lowest BCUT2D eigenvalue weighted by Gasteiger charge is -2.23. The number of benzene rings is 1. The third kappa shape index (κ3) is 4.12. The number of aryl methyl sites for hydroxylation is 1. The predicted molar refractivity (Wildman–Crippen MR) is 95.5 cm³/mol. The second-order valence-electron chi connectivity index (χ2n) is 7.43. The summed E-state index contributed by atoms with van der Waals surface area (Å²) < 4.78 is 5.68. The van der Waals surface area contributed by atoms with Gasteiger partial charge in [-0.2, -0.15) is 0 Å². The van der Waals surface area contributed by atoms with Crippen LogP contribution in [-0.2, 0) is 11.8 Å². The van der Waals surface area contributed by atoms with Crippen molar-refractivity contribution in [3.63, 3.8) is 0 Å². The van der Waals surface area contributed by atoms with Gasteiger partial charge in [-0.05, 0) is 41.9 Å². The molecular formula is C20H31NO. The first-order chi connectivity index (χ1) is 10.5. The quantitative estimate of drug-likeness (QED) is 0.691. The van der Waals surface area contributed by atoms with Crippen LogP contribution in [0.4, 0.5) is 0 Å². The van der Waals surface area contributed by atoms with Crippen molar-refractivity contribution in [3.8, 4) is 5.75 Å². The van der Waals surface area contributed by atoms with Gasteiger partial charge in [0.2, 0.25) is 0 Å². The maximum Gasteiger partial charge on any atom is 0.130 e. The van der Waals surface area contributed by atoms with Gasteiger partial charge in [-0.15, -0.1) is 0 Å². The topological polar surface area (TPSA) is 21.6 Å². The van der Waals surface area contributed by atoms with Crippen molar-refractivity contribution in [2.75, 3.05) is 7.11 Å². The molecule has 2 nitrogen and oxygen atoms in total. The first-order valence-corrected chi connectivity index (χ1v) is 8.70. The fourth-order valence-corrected chi connectivity index (χ4v) is 3.17. The average Bonchev–Trinajstić information content (AvgIpc) is 2.51. The standard InChI is InChI=1S/C20H31NO/c1-6-15-12-17(20(2,3)4)13-16(19(15)22-5)14-21-18-10-8-7-9-11-18/h12-14,18H,6-11H2,1-5H3/b21-14+. The SMILES string of the molecule is CCc1cc(C(C)(C)C)cc(/C=N/C2CCCCC2)c1OC. The van der Waals surface area contributed by atoms with Crippen LogP contribution in [0.2, 0.25) is 0 Å². The zero-order valence-electron chi connectivity index (χ0n) is 14.9. The molecule has 0 N–H and O–H groups in total. The molecule has 0 spiro atoms. The molecule has 1 fully saturated rings. The van der Waals surface area contributed by atoms with Crippen LogP contribution in [-0.4, -0.2) is 19.4 Å². The lowest BCUT2D eigenvalue weighted by Crippen LogP contribution is -2.14. The van der Waals surface area contributed by atoms with Crippen LogP contribution in [0.5, 0.6) is 5.75 Å². The largest absolute Gasteiger partial charge is 0.496 e. The van der Waals surface area contributed by atoms with Gasteiger partial charge in [0, 0.05) is 17.8 Å². The molecule has 0 heterocycles. The molecule has 1 aromatic rings. The van der Waals surface area contributed by atoms with Gasteiger partial charge in [0.25, 0.3) is 0 Å². The molecule has 1 aromatic carbocycles.